The number of nitrogens with zero attached hydrogens (tertiary/aromatic N) is 1. The zero-order valence-corrected chi connectivity index (χ0v) is 11.1. The van der Waals surface area contributed by atoms with Crippen molar-refractivity contribution in [1.82, 2.24) is 4.90 Å². The van der Waals surface area contributed by atoms with Gasteiger partial charge in [-0.25, -0.2) is 0 Å². The zero-order chi connectivity index (χ0) is 12.3. The third kappa shape index (κ3) is 3.07. The van der Waals surface area contributed by atoms with Gasteiger partial charge in [-0.2, -0.15) is 0 Å². The number of benzene rings is 1. The molecule has 0 aliphatic carbocycles. The van der Waals surface area contributed by atoms with E-state index in [0.717, 1.165) is 17.4 Å². The molecule has 1 aromatic carbocycles. The minimum Gasteiger partial charge on any atom is -0.387 e. The maximum Gasteiger partial charge on any atom is 0.223 e. The van der Waals surface area contributed by atoms with Crippen molar-refractivity contribution in [2.75, 3.05) is 18.4 Å². The van der Waals surface area contributed by atoms with Gasteiger partial charge in [-0.1, -0.05) is 46.3 Å². The lowest BCUT2D eigenvalue weighted by atomic mass is 10.1. The maximum absolute atomic E-state index is 11.7. The van der Waals surface area contributed by atoms with Crippen molar-refractivity contribution in [1.29, 1.82) is 0 Å². The van der Waals surface area contributed by atoms with Gasteiger partial charge < -0.3 is 10.0 Å². The van der Waals surface area contributed by atoms with Crippen LogP contribution in [0.1, 0.15) is 18.1 Å². The molecule has 1 heterocycles. The number of hydrogen-bond acceptors (Lipinski definition) is 2. The molecule has 1 aliphatic heterocycles. The third-order valence-corrected chi connectivity index (χ3v) is 4.01. The van der Waals surface area contributed by atoms with Gasteiger partial charge in [0.1, 0.15) is 0 Å². The van der Waals surface area contributed by atoms with E-state index in [1.165, 1.54) is 0 Å². The normalized spacial score (nSPS) is 21.9. The third-order valence-electron chi connectivity index (χ3n) is 3.09. The molecule has 1 saturated heterocycles. The number of amides is 1. The lowest BCUT2D eigenvalue weighted by molar-refractivity contribution is -0.128. The van der Waals surface area contributed by atoms with E-state index in [1.54, 1.807) is 4.90 Å². The van der Waals surface area contributed by atoms with Crippen LogP contribution in [-0.2, 0) is 4.79 Å². The molecule has 1 N–H and O–H groups in total. The Kier molecular flexibility index (Phi) is 4.18. The first-order chi connectivity index (χ1) is 8.20. The van der Waals surface area contributed by atoms with Crippen molar-refractivity contribution in [3.05, 3.63) is 35.9 Å². The van der Waals surface area contributed by atoms with E-state index in [1.807, 2.05) is 30.3 Å². The summed E-state index contributed by atoms with van der Waals surface area (Å²) in [5.41, 5.74) is 0.864. The molecule has 0 bridgehead atoms. The van der Waals surface area contributed by atoms with Crippen molar-refractivity contribution in [2.24, 2.45) is 5.92 Å². The molecule has 1 unspecified atom stereocenters. The van der Waals surface area contributed by atoms with Crippen LogP contribution in [0.15, 0.2) is 30.3 Å². The Bertz CT molecular complexity index is 382. The molecule has 0 saturated carbocycles. The number of likely N-dealkylation sites (tertiary alicyclic amines) is 1. The highest BCUT2D eigenvalue weighted by atomic mass is 79.9. The molecule has 92 valence electrons. The Hall–Kier alpha value is -0.870. The van der Waals surface area contributed by atoms with Crippen molar-refractivity contribution >= 4 is 21.8 Å². The number of rotatable bonds is 4. The Morgan fingerprint density at radius 1 is 1.41 bits per heavy atom. The summed E-state index contributed by atoms with van der Waals surface area (Å²) in [5.74, 6) is 0.523. The Morgan fingerprint density at radius 2 is 2.12 bits per heavy atom. The average Bonchev–Trinajstić information content (AvgIpc) is 2.71. The Morgan fingerprint density at radius 3 is 2.71 bits per heavy atom. The Balaban J connectivity index is 1.95. The van der Waals surface area contributed by atoms with Crippen molar-refractivity contribution in [3.63, 3.8) is 0 Å². The summed E-state index contributed by atoms with van der Waals surface area (Å²) in [4.78, 5) is 13.5. The van der Waals surface area contributed by atoms with Gasteiger partial charge in [0.2, 0.25) is 5.91 Å². The zero-order valence-electron chi connectivity index (χ0n) is 9.55. The van der Waals surface area contributed by atoms with Crippen LogP contribution in [0.3, 0.4) is 0 Å². The molecule has 4 heteroatoms. The summed E-state index contributed by atoms with van der Waals surface area (Å²) in [6, 6.07) is 9.47. The minimum absolute atomic E-state index is 0.143. The van der Waals surface area contributed by atoms with Crippen LogP contribution in [0.5, 0.6) is 0 Å². The van der Waals surface area contributed by atoms with Crippen LogP contribution in [0.4, 0.5) is 0 Å². The van der Waals surface area contributed by atoms with E-state index in [4.69, 9.17) is 0 Å². The summed E-state index contributed by atoms with van der Waals surface area (Å²) in [7, 11) is 0. The molecule has 0 aromatic heterocycles. The first-order valence-corrected chi connectivity index (χ1v) is 6.89. The van der Waals surface area contributed by atoms with Gasteiger partial charge in [-0.05, 0) is 11.5 Å². The van der Waals surface area contributed by atoms with E-state index in [0.29, 0.717) is 18.9 Å². The fourth-order valence-corrected chi connectivity index (χ4v) is 2.56. The van der Waals surface area contributed by atoms with Gasteiger partial charge in [0.15, 0.2) is 0 Å². The van der Waals surface area contributed by atoms with Gasteiger partial charge in [-0.15, -0.1) is 0 Å². The first-order valence-electron chi connectivity index (χ1n) is 5.77. The molecule has 1 fully saturated rings. The first kappa shape index (κ1) is 12.6. The molecule has 1 aliphatic rings. The molecule has 0 spiro atoms. The van der Waals surface area contributed by atoms with Gasteiger partial charge >= 0.3 is 0 Å². The van der Waals surface area contributed by atoms with Gasteiger partial charge in [-0.3, -0.25) is 4.79 Å². The highest BCUT2D eigenvalue weighted by Gasteiger charge is 2.30. The maximum atomic E-state index is 11.7. The SMILES string of the molecule is O=C1CC(CBr)CN1C[C@@H](O)c1ccccc1. The molecule has 0 radical (unpaired) electrons. The largest absolute Gasteiger partial charge is 0.387 e. The van der Waals surface area contributed by atoms with Crippen molar-refractivity contribution < 1.29 is 9.90 Å². The fraction of sp³-hybridized carbons (Fsp3) is 0.462. The molecular weight excluding hydrogens is 282 g/mol. The molecule has 1 amide bonds. The molecule has 2 rings (SSSR count). The molecule has 1 aromatic rings. The average molecular weight is 298 g/mol. The van der Waals surface area contributed by atoms with Crippen LogP contribution >= 0.6 is 15.9 Å². The van der Waals surface area contributed by atoms with E-state index < -0.39 is 6.10 Å². The second-order valence-corrected chi connectivity index (χ2v) is 5.10. The van der Waals surface area contributed by atoms with E-state index in [-0.39, 0.29) is 5.91 Å². The van der Waals surface area contributed by atoms with Gasteiger partial charge in [0, 0.05) is 18.3 Å². The number of aliphatic hydroxyl groups excluding tert-OH is 1. The lowest BCUT2D eigenvalue weighted by Crippen LogP contribution is -2.30. The van der Waals surface area contributed by atoms with Crippen LogP contribution in [0.2, 0.25) is 0 Å². The lowest BCUT2D eigenvalue weighted by Gasteiger charge is -2.20. The van der Waals surface area contributed by atoms with Crippen LogP contribution < -0.4 is 0 Å². The van der Waals surface area contributed by atoms with Crippen LogP contribution in [0, 0.1) is 5.92 Å². The molecule has 2 atom stereocenters. The minimum atomic E-state index is -0.589. The number of alkyl halides is 1. The molecule has 17 heavy (non-hydrogen) atoms. The van der Waals surface area contributed by atoms with Crippen LogP contribution in [0.25, 0.3) is 0 Å². The molecular formula is C13H16BrNO2. The second kappa shape index (κ2) is 5.65. The predicted molar refractivity (Wildman–Crippen MR) is 69.9 cm³/mol. The van der Waals surface area contributed by atoms with E-state index in [9.17, 15) is 9.90 Å². The summed E-state index contributed by atoms with van der Waals surface area (Å²) in [6.07, 6.45) is 0.00136. The quantitative estimate of drug-likeness (QED) is 0.863. The fourth-order valence-electron chi connectivity index (χ4n) is 2.12. The summed E-state index contributed by atoms with van der Waals surface area (Å²) in [6.45, 7) is 1.14. The number of halogens is 1. The van der Waals surface area contributed by atoms with E-state index >= 15 is 0 Å². The standard InChI is InChI=1S/C13H16BrNO2/c14-7-10-6-13(17)15(8-10)9-12(16)11-4-2-1-3-5-11/h1-5,10,12,16H,6-9H2/t10?,12-/m1/s1. The smallest absolute Gasteiger partial charge is 0.223 e. The second-order valence-electron chi connectivity index (χ2n) is 4.45. The number of carbonyl (C=O) groups is 1. The highest BCUT2D eigenvalue weighted by Crippen LogP contribution is 2.22. The predicted octanol–water partition coefficient (Wildman–Crippen LogP) is 1.96. The summed E-state index contributed by atoms with van der Waals surface area (Å²) < 4.78 is 0. The number of β-amino-alcohol motifs (C(OH)–C–C–N with tert-alkyl or cyclic N) is 1. The van der Waals surface area contributed by atoms with Gasteiger partial charge in [0.05, 0.1) is 12.6 Å². The van der Waals surface area contributed by atoms with Crippen molar-refractivity contribution in [3.8, 4) is 0 Å². The van der Waals surface area contributed by atoms with Crippen molar-refractivity contribution in [2.45, 2.75) is 12.5 Å². The topological polar surface area (TPSA) is 40.5 Å². The highest BCUT2D eigenvalue weighted by molar-refractivity contribution is 9.09. The number of hydrogen-bond donors (Lipinski definition) is 1. The number of aliphatic hydroxyl groups is 1. The van der Waals surface area contributed by atoms with Gasteiger partial charge in [0.25, 0.3) is 0 Å². The summed E-state index contributed by atoms with van der Waals surface area (Å²) >= 11 is 3.40. The monoisotopic (exact) mass is 297 g/mol. The summed E-state index contributed by atoms with van der Waals surface area (Å²) in [5, 5.41) is 10.9. The van der Waals surface area contributed by atoms with E-state index in [2.05, 4.69) is 15.9 Å². The Labute approximate surface area is 110 Å². The number of carbonyl (C=O) groups excluding carboxylic acids is 1. The van der Waals surface area contributed by atoms with Crippen LogP contribution in [-0.4, -0.2) is 34.3 Å². The molecule has 3 nitrogen and oxygen atoms in total.